The molecule has 1 aliphatic rings. The molecule has 0 aromatic heterocycles. The van der Waals surface area contributed by atoms with E-state index in [1.165, 1.54) is 12.8 Å². The fraction of sp³-hybridized carbons (Fsp3) is 0.900. The van der Waals surface area contributed by atoms with Crippen LogP contribution in [0.15, 0.2) is 0 Å². The minimum Gasteiger partial charge on any atom is -0.354 e. The van der Waals surface area contributed by atoms with Crippen molar-refractivity contribution in [2.24, 2.45) is 0 Å². The van der Waals surface area contributed by atoms with Gasteiger partial charge in [-0.25, -0.2) is 0 Å². The highest BCUT2D eigenvalue weighted by atomic mass is 32.2. The highest BCUT2D eigenvalue weighted by molar-refractivity contribution is 7.99. The molecule has 82 valence electrons. The van der Waals surface area contributed by atoms with Crippen LogP contribution in [-0.2, 0) is 4.79 Å². The Balaban J connectivity index is 1.96. The molecule has 0 aromatic rings. The van der Waals surface area contributed by atoms with Gasteiger partial charge in [0.05, 0.1) is 5.75 Å². The zero-order chi connectivity index (χ0) is 10.2. The van der Waals surface area contributed by atoms with E-state index in [9.17, 15) is 4.79 Å². The molecule has 1 fully saturated rings. The molecule has 0 radical (unpaired) electrons. The fourth-order valence-electron chi connectivity index (χ4n) is 1.53. The lowest BCUT2D eigenvalue weighted by Crippen LogP contribution is -2.37. The van der Waals surface area contributed by atoms with Gasteiger partial charge < -0.3 is 10.6 Å². The second-order valence-corrected chi connectivity index (χ2v) is 4.76. The molecule has 1 amide bonds. The van der Waals surface area contributed by atoms with Crippen LogP contribution in [0.2, 0.25) is 0 Å². The van der Waals surface area contributed by atoms with Crippen LogP contribution >= 0.6 is 11.8 Å². The molecule has 0 bridgehead atoms. The van der Waals surface area contributed by atoms with Crippen molar-refractivity contribution in [2.45, 2.75) is 32.2 Å². The van der Waals surface area contributed by atoms with Gasteiger partial charge in [-0.05, 0) is 31.6 Å². The quantitative estimate of drug-likeness (QED) is 0.651. The normalized spacial score (nSPS) is 21.1. The summed E-state index contributed by atoms with van der Waals surface area (Å²) in [6, 6.07) is 0.509. The van der Waals surface area contributed by atoms with Crippen LogP contribution in [0.4, 0.5) is 0 Å². The van der Waals surface area contributed by atoms with E-state index in [0.717, 1.165) is 25.3 Å². The van der Waals surface area contributed by atoms with E-state index in [-0.39, 0.29) is 5.91 Å². The summed E-state index contributed by atoms with van der Waals surface area (Å²) in [5, 5.41) is 6.32. The Morgan fingerprint density at radius 3 is 3.14 bits per heavy atom. The molecular weight excluding hydrogens is 196 g/mol. The third-order valence-corrected chi connectivity index (χ3v) is 3.45. The highest BCUT2D eigenvalue weighted by Gasteiger charge is 2.14. The number of amides is 1. The molecule has 1 atom stereocenters. The van der Waals surface area contributed by atoms with Gasteiger partial charge in [0.1, 0.15) is 0 Å². The summed E-state index contributed by atoms with van der Waals surface area (Å²) in [6.45, 7) is 4.03. The number of hydrogen-bond donors (Lipinski definition) is 2. The zero-order valence-electron chi connectivity index (χ0n) is 8.84. The van der Waals surface area contributed by atoms with Crippen LogP contribution in [0.25, 0.3) is 0 Å². The standard InChI is InChI=1S/C10H20N2OS/c1-2-6-14-8-10(13)12-7-9-4-3-5-11-9/h9,11H,2-8H2,1H3,(H,12,13). The minimum atomic E-state index is 0.178. The number of carbonyl (C=O) groups excluding carboxylic acids is 1. The maximum Gasteiger partial charge on any atom is 0.230 e. The average molecular weight is 216 g/mol. The van der Waals surface area contributed by atoms with Crippen molar-refractivity contribution >= 4 is 17.7 Å². The molecule has 0 saturated carbocycles. The van der Waals surface area contributed by atoms with Crippen LogP contribution in [0.3, 0.4) is 0 Å². The lowest BCUT2D eigenvalue weighted by Gasteiger charge is -2.10. The SMILES string of the molecule is CCCSCC(=O)NCC1CCCN1. The van der Waals surface area contributed by atoms with Crippen molar-refractivity contribution in [1.29, 1.82) is 0 Å². The summed E-state index contributed by atoms with van der Waals surface area (Å²) < 4.78 is 0. The van der Waals surface area contributed by atoms with Crippen molar-refractivity contribution in [2.75, 3.05) is 24.6 Å². The van der Waals surface area contributed by atoms with E-state index in [2.05, 4.69) is 17.6 Å². The van der Waals surface area contributed by atoms with Gasteiger partial charge in [-0.15, -0.1) is 0 Å². The molecule has 0 aromatic carbocycles. The number of rotatable bonds is 6. The largest absolute Gasteiger partial charge is 0.354 e. The average Bonchev–Trinajstić information content (AvgIpc) is 2.68. The topological polar surface area (TPSA) is 41.1 Å². The van der Waals surface area contributed by atoms with Crippen LogP contribution in [-0.4, -0.2) is 36.5 Å². The van der Waals surface area contributed by atoms with Crippen molar-refractivity contribution in [3.63, 3.8) is 0 Å². The van der Waals surface area contributed by atoms with E-state index in [1.807, 2.05) is 0 Å². The van der Waals surface area contributed by atoms with Gasteiger partial charge in [-0.2, -0.15) is 11.8 Å². The summed E-state index contributed by atoms with van der Waals surface area (Å²) in [5.41, 5.74) is 0. The van der Waals surface area contributed by atoms with Gasteiger partial charge in [0.15, 0.2) is 0 Å². The lowest BCUT2D eigenvalue weighted by molar-refractivity contribution is -0.118. The molecule has 1 unspecified atom stereocenters. The van der Waals surface area contributed by atoms with Gasteiger partial charge in [-0.3, -0.25) is 4.79 Å². The Bertz CT molecular complexity index is 170. The summed E-state index contributed by atoms with van der Waals surface area (Å²) in [5.74, 6) is 1.87. The number of hydrogen-bond acceptors (Lipinski definition) is 3. The molecule has 3 nitrogen and oxygen atoms in total. The van der Waals surface area contributed by atoms with Gasteiger partial charge in [0, 0.05) is 12.6 Å². The maximum atomic E-state index is 11.3. The van der Waals surface area contributed by atoms with Crippen molar-refractivity contribution in [3.8, 4) is 0 Å². The first-order valence-corrected chi connectivity index (χ1v) is 6.56. The number of nitrogens with one attached hydrogen (secondary N) is 2. The second-order valence-electron chi connectivity index (χ2n) is 3.65. The molecular formula is C10H20N2OS. The molecule has 2 N–H and O–H groups in total. The van der Waals surface area contributed by atoms with Gasteiger partial charge in [0.2, 0.25) is 5.91 Å². The van der Waals surface area contributed by atoms with Gasteiger partial charge in [-0.1, -0.05) is 6.92 Å². The first kappa shape index (κ1) is 11.9. The van der Waals surface area contributed by atoms with Crippen LogP contribution < -0.4 is 10.6 Å². The van der Waals surface area contributed by atoms with Crippen LogP contribution in [0.5, 0.6) is 0 Å². The second kappa shape index (κ2) is 7.12. The van der Waals surface area contributed by atoms with Crippen molar-refractivity contribution < 1.29 is 4.79 Å². The molecule has 0 spiro atoms. The third-order valence-electron chi connectivity index (χ3n) is 2.29. The summed E-state index contributed by atoms with van der Waals surface area (Å²) in [6.07, 6.45) is 3.58. The van der Waals surface area contributed by atoms with E-state index in [4.69, 9.17) is 0 Å². The predicted molar refractivity (Wildman–Crippen MR) is 61.7 cm³/mol. The molecule has 14 heavy (non-hydrogen) atoms. The fourth-order valence-corrected chi connectivity index (χ4v) is 2.25. The predicted octanol–water partition coefficient (Wildman–Crippen LogP) is 0.998. The minimum absolute atomic E-state index is 0.178. The Kier molecular flexibility index (Phi) is 6.03. The van der Waals surface area contributed by atoms with Crippen molar-refractivity contribution in [3.05, 3.63) is 0 Å². The lowest BCUT2D eigenvalue weighted by atomic mass is 10.2. The Labute approximate surface area is 90.4 Å². The van der Waals surface area contributed by atoms with Crippen LogP contribution in [0, 0.1) is 0 Å². The number of carbonyl (C=O) groups is 1. The smallest absolute Gasteiger partial charge is 0.230 e. The van der Waals surface area contributed by atoms with Crippen molar-refractivity contribution in [1.82, 2.24) is 10.6 Å². The molecule has 1 rings (SSSR count). The monoisotopic (exact) mass is 216 g/mol. The zero-order valence-corrected chi connectivity index (χ0v) is 9.66. The third kappa shape index (κ3) is 4.86. The first-order valence-electron chi connectivity index (χ1n) is 5.40. The summed E-state index contributed by atoms with van der Waals surface area (Å²) in [7, 11) is 0. The van der Waals surface area contributed by atoms with E-state index >= 15 is 0 Å². The highest BCUT2D eigenvalue weighted by Crippen LogP contribution is 2.04. The van der Waals surface area contributed by atoms with Gasteiger partial charge >= 0.3 is 0 Å². The Morgan fingerprint density at radius 2 is 2.50 bits per heavy atom. The maximum absolute atomic E-state index is 11.3. The Hall–Kier alpha value is -0.220. The molecule has 1 aliphatic heterocycles. The van der Waals surface area contributed by atoms with Gasteiger partial charge in [0.25, 0.3) is 0 Å². The van der Waals surface area contributed by atoms with Crippen LogP contribution in [0.1, 0.15) is 26.2 Å². The van der Waals surface area contributed by atoms with E-state index in [0.29, 0.717) is 11.8 Å². The molecule has 1 heterocycles. The molecule has 1 saturated heterocycles. The van der Waals surface area contributed by atoms with E-state index < -0.39 is 0 Å². The summed E-state index contributed by atoms with van der Waals surface area (Å²) in [4.78, 5) is 11.3. The number of thioether (sulfide) groups is 1. The molecule has 0 aliphatic carbocycles. The first-order chi connectivity index (χ1) is 6.83. The molecule has 4 heteroatoms. The summed E-state index contributed by atoms with van der Waals surface area (Å²) >= 11 is 1.71. The Morgan fingerprint density at radius 1 is 1.64 bits per heavy atom. The van der Waals surface area contributed by atoms with E-state index in [1.54, 1.807) is 11.8 Å².